The Hall–Kier alpha value is -0.900. The fourth-order valence-corrected chi connectivity index (χ4v) is 2.58. The Morgan fingerprint density at radius 3 is 2.82 bits per heavy atom. The molecular formula is C14H22N2O. The molecule has 1 aliphatic carbocycles. The van der Waals surface area contributed by atoms with Gasteiger partial charge in [-0.15, -0.1) is 0 Å². The lowest BCUT2D eigenvalue weighted by atomic mass is 10.1. The van der Waals surface area contributed by atoms with Gasteiger partial charge in [0.2, 0.25) is 0 Å². The zero-order chi connectivity index (χ0) is 12.3. The summed E-state index contributed by atoms with van der Waals surface area (Å²) in [5.41, 5.74) is 8.64. The molecule has 0 fully saturated rings. The Labute approximate surface area is 103 Å². The molecule has 1 aromatic carbocycles. The van der Waals surface area contributed by atoms with Gasteiger partial charge in [0, 0.05) is 18.6 Å². The zero-order valence-corrected chi connectivity index (χ0v) is 10.4. The molecule has 0 spiro atoms. The Balaban J connectivity index is 1.96. The van der Waals surface area contributed by atoms with Crippen LogP contribution in [0.3, 0.4) is 0 Å². The van der Waals surface area contributed by atoms with Crippen LogP contribution in [0.1, 0.15) is 49.4 Å². The molecule has 0 aromatic heterocycles. The van der Waals surface area contributed by atoms with Crippen molar-refractivity contribution in [2.24, 2.45) is 5.73 Å². The summed E-state index contributed by atoms with van der Waals surface area (Å²) in [5.74, 6) is 0. The molecule has 0 saturated heterocycles. The van der Waals surface area contributed by atoms with E-state index in [1.54, 1.807) is 0 Å². The summed E-state index contributed by atoms with van der Waals surface area (Å²) in [6, 6.07) is 8.75. The van der Waals surface area contributed by atoms with E-state index in [4.69, 9.17) is 5.73 Å². The Morgan fingerprint density at radius 2 is 2.12 bits per heavy atom. The van der Waals surface area contributed by atoms with E-state index in [0.717, 1.165) is 19.3 Å². The Morgan fingerprint density at radius 1 is 1.41 bits per heavy atom. The molecule has 0 heterocycles. The highest BCUT2D eigenvalue weighted by molar-refractivity contribution is 5.37. The molecule has 3 unspecified atom stereocenters. The first-order valence-corrected chi connectivity index (χ1v) is 6.48. The molecule has 3 nitrogen and oxygen atoms in total. The number of aliphatic hydroxyl groups is 1. The number of benzene rings is 1. The third-order valence-corrected chi connectivity index (χ3v) is 3.48. The average molecular weight is 234 g/mol. The minimum Gasteiger partial charge on any atom is -0.392 e. The van der Waals surface area contributed by atoms with Gasteiger partial charge in [0.15, 0.2) is 0 Å². The zero-order valence-electron chi connectivity index (χ0n) is 10.4. The standard InChI is InChI=1S/C14H22N2O/c1-2-5-10(17)9-16-14-8-13(15)11-6-3-4-7-12(11)14/h3-4,6-7,10,13-14,16-17H,2,5,8-9,15H2,1H3. The van der Waals surface area contributed by atoms with Crippen molar-refractivity contribution in [2.45, 2.75) is 44.4 Å². The predicted octanol–water partition coefficient (Wildman–Crippen LogP) is 1.88. The second kappa shape index (κ2) is 5.63. The highest BCUT2D eigenvalue weighted by atomic mass is 16.3. The van der Waals surface area contributed by atoms with Crippen LogP contribution >= 0.6 is 0 Å². The number of nitrogens with one attached hydrogen (secondary N) is 1. The highest BCUT2D eigenvalue weighted by Crippen LogP contribution is 2.36. The molecular weight excluding hydrogens is 212 g/mol. The first-order valence-electron chi connectivity index (χ1n) is 6.48. The van der Waals surface area contributed by atoms with Gasteiger partial charge in [-0.05, 0) is 24.0 Å². The lowest BCUT2D eigenvalue weighted by Crippen LogP contribution is -2.29. The maximum absolute atomic E-state index is 9.73. The van der Waals surface area contributed by atoms with Crippen molar-refractivity contribution in [3.05, 3.63) is 35.4 Å². The summed E-state index contributed by atoms with van der Waals surface area (Å²) < 4.78 is 0. The van der Waals surface area contributed by atoms with Gasteiger partial charge >= 0.3 is 0 Å². The molecule has 0 aliphatic heterocycles. The topological polar surface area (TPSA) is 58.3 Å². The van der Waals surface area contributed by atoms with E-state index >= 15 is 0 Å². The number of nitrogens with two attached hydrogens (primary N) is 1. The van der Waals surface area contributed by atoms with Crippen LogP contribution in [0.2, 0.25) is 0 Å². The monoisotopic (exact) mass is 234 g/mol. The molecule has 1 aliphatic rings. The molecule has 0 radical (unpaired) electrons. The van der Waals surface area contributed by atoms with Crippen LogP contribution in [0.25, 0.3) is 0 Å². The number of hydrogen-bond donors (Lipinski definition) is 3. The summed E-state index contributed by atoms with van der Waals surface area (Å²) in [5, 5.41) is 13.2. The van der Waals surface area contributed by atoms with E-state index in [2.05, 4.69) is 24.4 Å². The molecule has 2 rings (SSSR count). The van der Waals surface area contributed by atoms with E-state index < -0.39 is 0 Å². The van der Waals surface area contributed by atoms with Gasteiger partial charge in [0.25, 0.3) is 0 Å². The van der Waals surface area contributed by atoms with Crippen molar-refractivity contribution in [3.63, 3.8) is 0 Å². The smallest absolute Gasteiger partial charge is 0.0664 e. The first kappa shape index (κ1) is 12.6. The number of fused-ring (bicyclic) bond motifs is 1. The van der Waals surface area contributed by atoms with Gasteiger partial charge in [0.05, 0.1) is 6.10 Å². The van der Waals surface area contributed by atoms with Crippen molar-refractivity contribution in [1.82, 2.24) is 5.32 Å². The van der Waals surface area contributed by atoms with Crippen molar-refractivity contribution in [3.8, 4) is 0 Å². The summed E-state index contributed by atoms with van der Waals surface area (Å²) in [7, 11) is 0. The van der Waals surface area contributed by atoms with E-state index in [-0.39, 0.29) is 12.1 Å². The summed E-state index contributed by atoms with van der Waals surface area (Å²) in [6.45, 7) is 2.74. The highest BCUT2D eigenvalue weighted by Gasteiger charge is 2.27. The van der Waals surface area contributed by atoms with Gasteiger partial charge in [0.1, 0.15) is 0 Å². The van der Waals surface area contributed by atoms with Gasteiger partial charge in [-0.2, -0.15) is 0 Å². The lowest BCUT2D eigenvalue weighted by molar-refractivity contribution is 0.156. The van der Waals surface area contributed by atoms with Gasteiger partial charge in [-0.3, -0.25) is 0 Å². The molecule has 1 aromatic rings. The number of hydrogen-bond acceptors (Lipinski definition) is 3. The summed E-state index contributed by atoms with van der Waals surface area (Å²) in [6.07, 6.45) is 2.55. The molecule has 3 atom stereocenters. The average Bonchev–Trinajstić information content (AvgIpc) is 2.65. The minimum atomic E-state index is -0.246. The molecule has 0 saturated carbocycles. The first-order chi connectivity index (χ1) is 8.22. The fourth-order valence-electron chi connectivity index (χ4n) is 2.58. The molecule has 3 heteroatoms. The van der Waals surface area contributed by atoms with Gasteiger partial charge in [-0.1, -0.05) is 37.6 Å². The maximum atomic E-state index is 9.73. The van der Waals surface area contributed by atoms with Gasteiger partial charge < -0.3 is 16.2 Å². The number of aliphatic hydroxyl groups excluding tert-OH is 1. The SMILES string of the molecule is CCCC(O)CNC1CC(N)c2ccccc21. The van der Waals surface area contributed by atoms with E-state index in [0.29, 0.717) is 12.6 Å². The fraction of sp³-hybridized carbons (Fsp3) is 0.571. The number of rotatable bonds is 5. The van der Waals surface area contributed by atoms with Crippen molar-refractivity contribution in [2.75, 3.05) is 6.54 Å². The van der Waals surface area contributed by atoms with E-state index in [1.165, 1.54) is 11.1 Å². The molecule has 94 valence electrons. The predicted molar refractivity (Wildman–Crippen MR) is 69.6 cm³/mol. The van der Waals surface area contributed by atoms with Crippen molar-refractivity contribution < 1.29 is 5.11 Å². The second-order valence-electron chi connectivity index (χ2n) is 4.87. The second-order valence-corrected chi connectivity index (χ2v) is 4.87. The molecule has 0 bridgehead atoms. The van der Waals surface area contributed by atoms with Crippen LogP contribution in [0.15, 0.2) is 24.3 Å². The largest absolute Gasteiger partial charge is 0.392 e. The van der Waals surface area contributed by atoms with Crippen LogP contribution in [0.4, 0.5) is 0 Å². The molecule has 4 N–H and O–H groups in total. The van der Waals surface area contributed by atoms with Crippen molar-refractivity contribution >= 4 is 0 Å². The maximum Gasteiger partial charge on any atom is 0.0664 e. The van der Waals surface area contributed by atoms with E-state index in [1.807, 2.05) is 12.1 Å². The van der Waals surface area contributed by atoms with Crippen LogP contribution in [0.5, 0.6) is 0 Å². The van der Waals surface area contributed by atoms with Crippen LogP contribution in [0, 0.1) is 0 Å². The van der Waals surface area contributed by atoms with E-state index in [9.17, 15) is 5.11 Å². The lowest BCUT2D eigenvalue weighted by Gasteiger charge is -2.17. The third kappa shape index (κ3) is 2.86. The summed E-state index contributed by atoms with van der Waals surface area (Å²) in [4.78, 5) is 0. The van der Waals surface area contributed by atoms with Gasteiger partial charge in [-0.25, -0.2) is 0 Å². The normalized spacial score (nSPS) is 24.6. The third-order valence-electron chi connectivity index (χ3n) is 3.48. The van der Waals surface area contributed by atoms with Crippen LogP contribution in [-0.4, -0.2) is 17.8 Å². The van der Waals surface area contributed by atoms with Crippen LogP contribution < -0.4 is 11.1 Å². The Bertz CT molecular complexity index is 367. The van der Waals surface area contributed by atoms with Crippen molar-refractivity contribution in [1.29, 1.82) is 0 Å². The molecule has 0 amide bonds. The summed E-state index contributed by atoms with van der Waals surface area (Å²) >= 11 is 0. The Kier molecular flexibility index (Phi) is 4.15. The quantitative estimate of drug-likeness (QED) is 0.729. The molecule has 17 heavy (non-hydrogen) atoms. The minimum absolute atomic E-state index is 0.131. The van der Waals surface area contributed by atoms with Crippen LogP contribution in [-0.2, 0) is 0 Å².